The first kappa shape index (κ1) is 16.2. The van der Waals surface area contributed by atoms with E-state index in [2.05, 4.69) is 10.1 Å². The Labute approximate surface area is 131 Å². The van der Waals surface area contributed by atoms with E-state index in [-0.39, 0.29) is 17.9 Å². The van der Waals surface area contributed by atoms with E-state index in [1.165, 1.54) is 0 Å². The first-order chi connectivity index (χ1) is 10.4. The van der Waals surface area contributed by atoms with E-state index in [9.17, 15) is 4.79 Å². The van der Waals surface area contributed by atoms with Gasteiger partial charge in [0.1, 0.15) is 6.54 Å². The number of carbonyl (C=O) groups is 1. The number of nitrogens with zero attached hydrogens (tertiary/aromatic N) is 3. The summed E-state index contributed by atoms with van der Waals surface area (Å²) < 4.78 is 5.31. The van der Waals surface area contributed by atoms with Crippen LogP contribution in [-0.2, 0) is 11.3 Å². The molecule has 1 amide bonds. The van der Waals surface area contributed by atoms with Crippen molar-refractivity contribution in [2.45, 2.75) is 47.2 Å². The maximum atomic E-state index is 12.2. The molecule has 1 aromatic heterocycles. The lowest BCUT2D eigenvalue weighted by Gasteiger charge is -2.26. The number of aryl methyl sites for hydroxylation is 1. The van der Waals surface area contributed by atoms with Gasteiger partial charge in [0, 0.05) is 17.5 Å². The molecule has 0 bridgehead atoms. The van der Waals surface area contributed by atoms with Crippen molar-refractivity contribution in [3.8, 4) is 11.4 Å². The first-order valence-electron chi connectivity index (χ1n) is 7.58. The van der Waals surface area contributed by atoms with E-state index < -0.39 is 0 Å². The molecule has 0 aliphatic heterocycles. The molecule has 5 nitrogen and oxygen atoms in total. The summed E-state index contributed by atoms with van der Waals surface area (Å²) in [6, 6.07) is 8.02. The van der Waals surface area contributed by atoms with E-state index in [0.29, 0.717) is 18.3 Å². The average molecular weight is 301 g/mol. The number of benzene rings is 1. The molecule has 0 unspecified atom stereocenters. The first-order valence-corrected chi connectivity index (χ1v) is 7.58. The Hall–Kier alpha value is -2.17. The molecule has 0 N–H and O–H groups in total. The molecule has 0 saturated carbocycles. The molecule has 0 aliphatic rings. The van der Waals surface area contributed by atoms with Crippen LogP contribution in [-0.4, -0.2) is 27.0 Å². The number of hydrogen-bond acceptors (Lipinski definition) is 4. The smallest absolute Gasteiger partial charge is 0.246 e. The van der Waals surface area contributed by atoms with Crippen LogP contribution >= 0.6 is 0 Å². The van der Waals surface area contributed by atoms with Crippen LogP contribution in [0.3, 0.4) is 0 Å². The minimum absolute atomic E-state index is 0.0541. The zero-order valence-electron chi connectivity index (χ0n) is 13.8. The van der Waals surface area contributed by atoms with Crippen LogP contribution in [0.4, 0.5) is 0 Å². The van der Waals surface area contributed by atoms with Gasteiger partial charge in [0.2, 0.25) is 17.6 Å². The van der Waals surface area contributed by atoms with Gasteiger partial charge in [-0.05, 0) is 26.8 Å². The summed E-state index contributed by atoms with van der Waals surface area (Å²) in [6.45, 7) is 10.1. The normalized spacial score (nSPS) is 11.2. The lowest BCUT2D eigenvalue weighted by atomic mass is 10.1. The number of amides is 1. The molecule has 0 fully saturated rings. The van der Waals surface area contributed by atoms with Gasteiger partial charge in [-0.15, -0.1) is 0 Å². The summed E-state index contributed by atoms with van der Waals surface area (Å²) in [7, 11) is 0. The Kier molecular flexibility index (Phi) is 4.96. The molecule has 2 aromatic rings. The lowest BCUT2D eigenvalue weighted by Crippen LogP contribution is -2.39. The molecule has 5 heteroatoms. The Morgan fingerprint density at radius 1 is 1.27 bits per heavy atom. The standard InChI is InChI=1S/C17H23N3O2/c1-11(2)17(21)20(12(3)4)10-15-18-16(19-22-15)14-8-6-7-13(5)9-14/h6-9,11-12H,10H2,1-5H3. The molecule has 118 valence electrons. The van der Waals surface area contributed by atoms with Crippen LogP contribution < -0.4 is 0 Å². The van der Waals surface area contributed by atoms with Crippen molar-refractivity contribution in [3.63, 3.8) is 0 Å². The number of aromatic nitrogens is 2. The third-order valence-electron chi connectivity index (χ3n) is 3.45. The molecule has 2 rings (SSSR count). The third kappa shape index (κ3) is 3.72. The number of rotatable bonds is 5. The molecule has 22 heavy (non-hydrogen) atoms. The second kappa shape index (κ2) is 6.73. The van der Waals surface area contributed by atoms with Crippen molar-refractivity contribution in [1.82, 2.24) is 15.0 Å². The molecule has 0 atom stereocenters. The second-order valence-corrected chi connectivity index (χ2v) is 6.10. The molecule has 0 saturated heterocycles. The summed E-state index contributed by atoms with van der Waals surface area (Å²) in [5.74, 6) is 1.05. The van der Waals surface area contributed by atoms with Gasteiger partial charge >= 0.3 is 0 Å². The van der Waals surface area contributed by atoms with Gasteiger partial charge in [-0.25, -0.2) is 0 Å². The molecule has 0 aliphatic carbocycles. The topological polar surface area (TPSA) is 59.2 Å². The highest BCUT2D eigenvalue weighted by Gasteiger charge is 2.22. The van der Waals surface area contributed by atoms with Crippen LogP contribution in [0.15, 0.2) is 28.8 Å². The summed E-state index contributed by atoms with van der Waals surface area (Å²) in [5, 5.41) is 4.02. The van der Waals surface area contributed by atoms with Crippen LogP contribution in [0.1, 0.15) is 39.1 Å². The molecule has 1 heterocycles. The van der Waals surface area contributed by atoms with Crippen molar-refractivity contribution in [1.29, 1.82) is 0 Å². The molecule has 0 radical (unpaired) electrons. The predicted octanol–water partition coefficient (Wildman–Crippen LogP) is 3.44. The van der Waals surface area contributed by atoms with Crippen molar-refractivity contribution >= 4 is 5.91 Å². The molecule has 0 spiro atoms. The van der Waals surface area contributed by atoms with Crippen LogP contribution in [0.2, 0.25) is 0 Å². The van der Waals surface area contributed by atoms with Gasteiger partial charge < -0.3 is 9.42 Å². The van der Waals surface area contributed by atoms with E-state index >= 15 is 0 Å². The van der Waals surface area contributed by atoms with Crippen molar-refractivity contribution < 1.29 is 9.32 Å². The highest BCUT2D eigenvalue weighted by atomic mass is 16.5. The second-order valence-electron chi connectivity index (χ2n) is 6.10. The monoisotopic (exact) mass is 301 g/mol. The number of hydrogen-bond donors (Lipinski definition) is 0. The maximum absolute atomic E-state index is 12.2. The van der Waals surface area contributed by atoms with Crippen LogP contribution in [0, 0.1) is 12.8 Å². The fourth-order valence-electron chi connectivity index (χ4n) is 2.21. The van der Waals surface area contributed by atoms with Crippen molar-refractivity contribution in [3.05, 3.63) is 35.7 Å². The lowest BCUT2D eigenvalue weighted by molar-refractivity contribution is -0.137. The van der Waals surface area contributed by atoms with Gasteiger partial charge in [-0.3, -0.25) is 4.79 Å². The van der Waals surface area contributed by atoms with Crippen molar-refractivity contribution in [2.75, 3.05) is 0 Å². The third-order valence-corrected chi connectivity index (χ3v) is 3.45. The number of carbonyl (C=O) groups excluding carboxylic acids is 1. The highest BCUT2D eigenvalue weighted by molar-refractivity contribution is 5.78. The fraction of sp³-hybridized carbons (Fsp3) is 0.471. The van der Waals surface area contributed by atoms with Gasteiger partial charge in [0.05, 0.1) is 0 Å². The van der Waals surface area contributed by atoms with E-state index in [1.54, 1.807) is 4.90 Å². The minimum Gasteiger partial charge on any atom is -0.337 e. The fourth-order valence-corrected chi connectivity index (χ4v) is 2.21. The van der Waals surface area contributed by atoms with Gasteiger partial charge in [-0.2, -0.15) is 4.98 Å². The summed E-state index contributed by atoms with van der Waals surface area (Å²) in [5.41, 5.74) is 2.06. The highest BCUT2D eigenvalue weighted by Crippen LogP contribution is 2.18. The minimum atomic E-state index is -0.0541. The zero-order chi connectivity index (χ0) is 16.3. The zero-order valence-corrected chi connectivity index (χ0v) is 13.8. The quantitative estimate of drug-likeness (QED) is 0.849. The Bertz CT molecular complexity index is 647. The summed E-state index contributed by atoms with van der Waals surface area (Å²) in [4.78, 5) is 18.4. The van der Waals surface area contributed by atoms with E-state index in [1.807, 2.05) is 58.9 Å². The van der Waals surface area contributed by atoms with Crippen molar-refractivity contribution in [2.24, 2.45) is 5.92 Å². The van der Waals surface area contributed by atoms with E-state index in [0.717, 1.165) is 11.1 Å². The summed E-state index contributed by atoms with van der Waals surface area (Å²) in [6.07, 6.45) is 0. The molecule has 1 aromatic carbocycles. The largest absolute Gasteiger partial charge is 0.337 e. The summed E-state index contributed by atoms with van der Waals surface area (Å²) >= 11 is 0. The predicted molar refractivity (Wildman–Crippen MR) is 85.0 cm³/mol. The van der Waals surface area contributed by atoms with Crippen LogP contribution in [0.25, 0.3) is 11.4 Å². The Morgan fingerprint density at radius 3 is 2.59 bits per heavy atom. The van der Waals surface area contributed by atoms with Crippen LogP contribution in [0.5, 0.6) is 0 Å². The van der Waals surface area contributed by atoms with E-state index in [4.69, 9.17) is 4.52 Å². The average Bonchev–Trinajstić information content (AvgIpc) is 2.92. The maximum Gasteiger partial charge on any atom is 0.246 e. The van der Waals surface area contributed by atoms with Gasteiger partial charge in [0.15, 0.2) is 0 Å². The SMILES string of the molecule is Cc1cccc(-c2noc(CN(C(=O)C(C)C)C(C)C)n2)c1. The van der Waals surface area contributed by atoms with Gasteiger partial charge in [-0.1, -0.05) is 42.8 Å². The molecular weight excluding hydrogens is 278 g/mol. The Morgan fingerprint density at radius 2 is 2.00 bits per heavy atom. The van der Waals surface area contributed by atoms with Gasteiger partial charge in [0.25, 0.3) is 0 Å². The Balaban J connectivity index is 2.19. The molecular formula is C17H23N3O2.